The van der Waals surface area contributed by atoms with E-state index in [0.717, 1.165) is 31.3 Å². The van der Waals surface area contributed by atoms with E-state index in [-0.39, 0.29) is 0 Å². The SMILES string of the molecule is CNCc1coc(N2CC(C)SC(C)C2)n1. The number of thioether (sulfide) groups is 1. The molecule has 1 fully saturated rings. The maximum atomic E-state index is 5.52. The largest absolute Gasteiger partial charge is 0.432 e. The van der Waals surface area contributed by atoms with Crippen LogP contribution in [0.25, 0.3) is 0 Å². The monoisotopic (exact) mass is 241 g/mol. The first-order valence-electron chi connectivity index (χ1n) is 5.68. The lowest BCUT2D eigenvalue weighted by Gasteiger charge is -2.33. The van der Waals surface area contributed by atoms with Gasteiger partial charge in [-0.25, -0.2) is 0 Å². The second-order valence-corrected chi connectivity index (χ2v) is 6.20. The van der Waals surface area contributed by atoms with Gasteiger partial charge >= 0.3 is 0 Å². The highest BCUT2D eigenvalue weighted by molar-refractivity contribution is 8.00. The Morgan fingerprint density at radius 2 is 2.19 bits per heavy atom. The third kappa shape index (κ3) is 2.71. The topological polar surface area (TPSA) is 41.3 Å². The summed E-state index contributed by atoms with van der Waals surface area (Å²) >= 11 is 2.03. The molecule has 2 heterocycles. The molecule has 16 heavy (non-hydrogen) atoms. The molecule has 5 heteroatoms. The molecule has 0 bridgehead atoms. The fourth-order valence-electron chi connectivity index (χ4n) is 2.04. The molecular weight excluding hydrogens is 222 g/mol. The standard InChI is InChI=1S/C11H19N3OS/c1-8-5-14(6-9(2)16-8)11-13-10(4-12-3)7-15-11/h7-9,12H,4-6H2,1-3H3. The second kappa shape index (κ2) is 5.10. The van der Waals surface area contributed by atoms with E-state index in [1.165, 1.54) is 0 Å². The average Bonchev–Trinajstić information content (AvgIpc) is 2.65. The Balaban J connectivity index is 2.04. The molecule has 1 aliphatic heterocycles. The molecular formula is C11H19N3OS. The number of anilines is 1. The predicted octanol–water partition coefficient (Wildman–Crippen LogP) is 1.72. The summed E-state index contributed by atoms with van der Waals surface area (Å²) in [5, 5.41) is 4.36. The van der Waals surface area contributed by atoms with Crippen LogP contribution in [0.1, 0.15) is 19.5 Å². The Labute approximate surface area is 101 Å². The number of oxazole rings is 1. The molecule has 1 aromatic heterocycles. The maximum absolute atomic E-state index is 5.52. The van der Waals surface area contributed by atoms with Gasteiger partial charge in [0.25, 0.3) is 6.01 Å². The van der Waals surface area contributed by atoms with Gasteiger partial charge < -0.3 is 14.6 Å². The number of nitrogens with one attached hydrogen (secondary N) is 1. The highest BCUT2D eigenvalue weighted by atomic mass is 32.2. The van der Waals surface area contributed by atoms with Gasteiger partial charge in [0.05, 0.1) is 5.69 Å². The Morgan fingerprint density at radius 3 is 2.81 bits per heavy atom. The van der Waals surface area contributed by atoms with Gasteiger partial charge in [0.2, 0.25) is 0 Å². The molecule has 2 atom stereocenters. The lowest BCUT2D eigenvalue weighted by molar-refractivity contribution is 0.526. The molecule has 90 valence electrons. The van der Waals surface area contributed by atoms with Crippen LogP contribution in [-0.4, -0.2) is 35.6 Å². The first-order valence-corrected chi connectivity index (χ1v) is 6.62. The summed E-state index contributed by atoms with van der Waals surface area (Å²) in [5.41, 5.74) is 0.969. The van der Waals surface area contributed by atoms with Crippen LogP contribution < -0.4 is 10.2 Å². The van der Waals surface area contributed by atoms with E-state index < -0.39 is 0 Å². The van der Waals surface area contributed by atoms with Crippen LogP contribution in [0.3, 0.4) is 0 Å². The highest BCUT2D eigenvalue weighted by Gasteiger charge is 2.25. The van der Waals surface area contributed by atoms with Gasteiger partial charge in [-0.3, -0.25) is 0 Å². The fourth-order valence-corrected chi connectivity index (χ4v) is 3.36. The zero-order valence-electron chi connectivity index (χ0n) is 10.1. The lowest BCUT2D eigenvalue weighted by Crippen LogP contribution is -2.40. The van der Waals surface area contributed by atoms with E-state index >= 15 is 0 Å². The van der Waals surface area contributed by atoms with E-state index in [4.69, 9.17) is 4.42 Å². The van der Waals surface area contributed by atoms with Gasteiger partial charge in [0, 0.05) is 30.1 Å². The van der Waals surface area contributed by atoms with Crippen molar-refractivity contribution in [3.05, 3.63) is 12.0 Å². The summed E-state index contributed by atoms with van der Waals surface area (Å²) in [6.07, 6.45) is 1.74. The van der Waals surface area contributed by atoms with Gasteiger partial charge in [0.15, 0.2) is 0 Å². The third-order valence-electron chi connectivity index (χ3n) is 2.59. The van der Waals surface area contributed by atoms with Crippen molar-refractivity contribution < 1.29 is 4.42 Å². The lowest BCUT2D eigenvalue weighted by atomic mass is 10.3. The zero-order chi connectivity index (χ0) is 11.5. The van der Waals surface area contributed by atoms with E-state index in [1.807, 2.05) is 18.8 Å². The molecule has 0 aromatic carbocycles. The molecule has 0 aliphatic carbocycles. The van der Waals surface area contributed by atoms with Gasteiger partial charge in [-0.1, -0.05) is 13.8 Å². The summed E-state index contributed by atoms with van der Waals surface area (Å²) in [5.74, 6) is 0. The molecule has 1 saturated heterocycles. The summed E-state index contributed by atoms with van der Waals surface area (Å²) in [6, 6.07) is 0.768. The van der Waals surface area contributed by atoms with E-state index in [1.54, 1.807) is 6.26 Å². The molecule has 1 aromatic rings. The van der Waals surface area contributed by atoms with E-state index in [9.17, 15) is 0 Å². The van der Waals surface area contributed by atoms with Crippen molar-refractivity contribution in [3.8, 4) is 0 Å². The van der Waals surface area contributed by atoms with Crippen LogP contribution in [0.4, 0.5) is 6.01 Å². The summed E-state index contributed by atoms with van der Waals surface area (Å²) in [4.78, 5) is 6.72. The molecule has 2 rings (SSSR count). The van der Waals surface area contributed by atoms with Crippen LogP contribution >= 0.6 is 11.8 Å². The molecule has 4 nitrogen and oxygen atoms in total. The third-order valence-corrected chi connectivity index (χ3v) is 3.82. The van der Waals surface area contributed by atoms with Gasteiger partial charge in [0.1, 0.15) is 6.26 Å². The molecule has 0 spiro atoms. The molecule has 1 aliphatic rings. The van der Waals surface area contributed by atoms with Crippen molar-refractivity contribution in [2.24, 2.45) is 0 Å². The average molecular weight is 241 g/mol. The molecule has 1 N–H and O–H groups in total. The van der Waals surface area contributed by atoms with Crippen LogP contribution in [0, 0.1) is 0 Å². The first kappa shape index (κ1) is 11.8. The highest BCUT2D eigenvalue weighted by Crippen LogP contribution is 2.27. The van der Waals surface area contributed by atoms with Crippen molar-refractivity contribution in [1.82, 2.24) is 10.3 Å². The number of rotatable bonds is 3. The Bertz CT molecular complexity index is 332. The predicted molar refractivity (Wildman–Crippen MR) is 68.0 cm³/mol. The van der Waals surface area contributed by atoms with Crippen molar-refractivity contribution in [3.63, 3.8) is 0 Å². The van der Waals surface area contributed by atoms with Crippen LogP contribution in [0.15, 0.2) is 10.7 Å². The minimum atomic E-state index is 0.642. The Hall–Kier alpha value is -0.680. The number of nitrogens with zero attached hydrogens (tertiary/aromatic N) is 2. The summed E-state index contributed by atoms with van der Waals surface area (Å²) < 4.78 is 5.52. The van der Waals surface area contributed by atoms with E-state index in [0.29, 0.717) is 10.5 Å². The maximum Gasteiger partial charge on any atom is 0.297 e. The summed E-state index contributed by atoms with van der Waals surface area (Å²) in [6.45, 7) is 7.32. The fraction of sp³-hybridized carbons (Fsp3) is 0.727. The van der Waals surface area contributed by atoms with Gasteiger partial charge in [-0.2, -0.15) is 16.7 Å². The van der Waals surface area contributed by atoms with Crippen molar-refractivity contribution >= 4 is 17.8 Å². The van der Waals surface area contributed by atoms with Gasteiger partial charge in [-0.15, -0.1) is 0 Å². The van der Waals surface area contributed by atoms with E-state index in [2.05, 4.69) is 29.0 Å². The number of aromatic nitrogens is 1. The van der Waals surface area contributed by atoms with Gasteiger partial charge in [-0.05, 0) is 7.05 Å². The van der Waals surface area contributed by atoms with Crippen molar-refractivity contribution in [1.29, 1.82) is 0 Å². The molecule has 0 amide bonds. The van der Waals surface area contributed by atoms with Crippen LogP contribution in [0.2, 0.25) is 0 Å². The normalized spacial score (nSPS) is 26.1. The quantitative estimate of drug-likeness (QED) is 0.872. The minimum Gasteiger partial charge on any atom is -0.432 e. The minimum absolute atomic E-state index is 0.642. The smallest absolute Gasteiger partial charge is 0.297 e. The second-order valence-electron chi connectivity index (χ2n) is 4.31. The zero-order valence-corrected chi connectivity index (χ0v) is 10.9. The molecule has 0 saturated carbocycles. The molecule has 2 unspecified atom stereocenters. The summed E-state index contributed by atoms with van der Waals surface area (Å²) in [7, 11) is 1.91. The Kier molecular flexibility index (Phi) is 3.76. The number of hydrogen-bond acceptors (Lipinski definition) is 5. The number of hydrogen-bond donors (Lipinski definition) is 1. The van der Waals surface area contributed by atoms with Crippen LogP contribution in [-0.2, 0) is 6.54 Å². The van der Waals surface area contributed by atoms with Crippen molar-refractivity contribution in [2.75, 3.05) is 25.0 Å². The Morgan fingerprint density at radius 1 is 1.50 bits per heavy atom. The van der Waals surface area contributed by atoms with Crippen LogP contribution in [0.5, 0.6) is 0 Å². The van der Waals surface area contributed by atoms with Crippen molar-refractivity contribution in [2.45, 2.75) is 30.9 Å². The first-order chi connectivity index (χ1) is 7.69. The molecule has 0 radical (unpaired) electrons.